The van der Waals surface area contributed by atoms with Gasteiger partial charge in [0.05, 0.1) is 11.2 Å². The summed E-state index contributed by atoms with van der Waals surface area (Å²) in [5, 5.41) is 0. The predicted octanol–water partition coefficient (Wildman–Crippen LogP) is 2.81. The standard InChI is InChI=1S/C10H12BrN3S/c1-15-3-2-9-13-8-5-6(11)4-7(12)10(8)14-9/h4-5H,2-3,12H2,1H3,(H,13,14). The zero-order valence-corrected chi connectivity index (χ0v) is 10.8. The third kappa shape index (κ3) is 2.29. The van der Waals surface area contributed by atoms with Crippen LogP contribution >= 0.6 is 27.7 Å². The highest BCUT2D eigenvalue weighted by Crippen LogP contribution is 2.24. The highest BCUT2D eigenvalue weighted by atomic mass is 79.9. The second-order valence-corrected chi connectivity index (χ2v) is 5.22. The Morgan fingerprint density at radius 3 is 3.07 bits per heavy atom. The van der Waals surface area contributed by atoms with E-state index in [2.05, 4.69) is 32.2 Å². The average molecular weight is 286 g/mol. The largest absolute Gasteiger partial charge is 0.397 e. The number of H-pyrrole nitrogens is 1. The fraction of sp³-hybridized carbons (Fsp3) is 0.300. The smallest absolute Gasteiger partial charge is 0.112 e. The van der Waals surface area contributed by atoms with Crippen LogP contribution in [0.15, 0.2) is 16.6 Å². The van der Waals surface area contributed by atoms with E-state index in [4.69, 9.17) is 5.73 Å². The number of thioether (sulfide) groups is 1. The molecule has 0 aliphatic rings. The number of rotatable bonds is 3. The van der Waals surface area contributed by atoms with Gasteiger partial charge in [-0.25, -0.2) is 4.98 Å². The monoisotopic (exact) mass is 285 g/mol. The quantitative estimate of drug-likeness (QED) is 0.853. The first-order valence-electron chi connectivity index (χ1n) is 4.63. The molecule has 80 valence electrons. The van der Waals surface area contributed by atoms with E-state index >= 15 is 0 Å². The number of fused-ring (bicyclic) bond motifs is 1. The lowest BCUT2D eigenvalue weighted by atomic mass is 10.3. The molecule has 0 spiro atoms. The van der Waals surface area contributed by atoms with Crippen LogP contribution in [0.25, 0.3) is 11.0 Å². The molecular formula is C10H12BrN3S. The Balaban J connectivity index is 2.41. The van der Waals surface area contributed by atoms with Gasteiger partial charge < -0.3 is 10.7 Å². The molecule has 0 saturated carbocycles. The van der Waals surface area contributed by atoms with Crippen LogP contribution in [0.5, 0.6) is 0 Å². The van der Waals surface area contributed by atoms with Gasteiger partial charge in [0.15, 0.2) is 0 Å². The highest BCUT2D eigenvalue weighted by Gasteiger charge is 2.06. The lowest BCUT2D eigenvalue weighted by Crippen LogP contribution is -1.90. The van der Waals surface area contributed by atoms with Crippen molar-refractivity contribution in [1.29, 1.82) is 0 Å². The first-order chi connectivity index (χ1) is 7.20. The number of hydrogen-bond donors (Lipinski definition) is 2. The molecule has 0 unspecified atom stereocenters. The Hall–Kier alpha value is -0.680. The van der Waals surface area contributed by atoms with Crippen LogP contribution in [0.3, 0.4) is 0 Å². The van der Waals surface area contributed by atoms with Crippen LogP contribution in [-0.4, -0.2) is 22.0 Å². The van der Waals surface area contributed by atoms with E-state index < -0.39 is 0 Å². The summed E-state index contributed by atoms with van der Waals surface area (Å²) in [6.45, 7) is 0. The minimum absolute atomic E-state index is 0.714. The summed E-state index contributed by atoms with van der Waals surface area (Å²) in [4.78, 5) is 7.75. The number of nitrogens with one attached hydrogen (secondary N) is 1. The van der Waals surface area contributed by atoms with Crippen LogP contribution in [0.4, 0.5) is 5.69 Å². The van der Waals surface area contributed by atoms with Crippen molar-refractivity contribution in [3.05, 3.63) is 22.4 Å². The van der Waals surface area contributed by atoms with Gasteiger partial charge in [-0.15, -0.1) is 0 Å². The van der Waals surface area contributed by atoms with Crippen molar-refractivity contribution in [3.63, 3.8) is 0 Å². The molecule has 0 atom stereocenters. The molecular weight excluding hydrogens is 274 g/mol. The Morgan fingerprint density at radius 2 is 2.33 bits per heavy atom. The minimum atomic E-state index is 0.714. The molecule has 5 heteroatoms. The summed E-state index contributed by atoms with van der Waals surface area (Å²) >= 11 is 5.23. The molecule has 0 aliphatic carbocycles. The maximum absolute atomic E-state index is 5.88. The van der Waals surface area contributed by atoms with E-state index in [0.29, 0.717) is 5.69 Å². The van der Waals surface area contributed by atoms with Gasteiger partial charge in [0.2, 0.25) is 0 Å². The second-order valence-electron chi connectivity index (χ2n) is 3.32. The number of imidazole rings is 1. The molecule has 3 nitrogen and oxygen atoms in total. The summed E-state index contributed by atoms with van der Waals surface area (Å²) in [7, 11) is 0. The number of hydrogen-bond acceptors (Lipinski definition) is 3. The van der Waals surface area contributed by atoms with E-state index in [0.717, 1.165) is 33.5 Å². The first-order valence-corrected chi connectivity index (χ1v) is 6.82. The number of nitrogens with zero attached hydrogens (tertiary/aromatic N) is 1. The maximum Gasteiger partial charge on any atom is 0.112 e. The van der Waals surface area contributed by atoms with Crippen molar-refractivity contribution in [2.75, 3.05) is 17.7 Å². The van der Waals surface area contributed by atoms with Gasteiger partial charge in [-0.1, -0.05) is 15.9 Å². The molecule has 2 rings (SSSR count). The van der Waals surface area contributed by atoms with E-state index in [9.17, 15) is 0 Å². The van der Waals surface area contributed by atoms with E-state index in [-0.39, 0.29) is 0 Å². The van der Waals surface area contributed by atoms with Crippen LogP contribution in [0.2, 0.25) is 0 Å². The minimum Gasteiger partial charge on any atom is -0.397 e. The third-order valence-electron chi connectivity index (χ3n) is 2.17. The first kappa shape index (κ1) is 10.8. The van der Waals surface area contributed by atoms with E-state index in [1.54, 1.807) is 0 Å². The molecule has 1 aromatic carbocycles. The summed E-state index contributed by atoms with van der Waals surface area (Å²) in [5.74, 6) is 2.07. The zero-order chi connectivity index (χ0) is 10.8. The van der Waals surface area contributed by atoms with Gasteiger partial charge in [-0.2, -0.15) is 11.8 Å². The Kier molecular flexibility index (Phi) is 3.21. The number of nitrogens with two attached hydrogens (primary N) is 1. The number of benzene rings is 1. The van der Waals surface area contributed by atoms with Gasteiger partial charge in [0, 0.05) is 16.6 Å². The Labute approximate surface area is 101 Å². The van der Waals surface area contributed by atoms with Crippen LogP contribution < -0.4 is 5.73 Å². The van der Waals surface area contributed by atoms with Crippen molar-refractivity contribution in [3.8, 4) is 0 Å². The summed E-state index contributed by atoms with van der Waals surface area (Å²) in [6, 6.07) is 3.88. The lowest BCUT2D eigenvalue weighted by molar-refractivity contribution is 1.01. The number of aromatic nitrogens is 2. The topological polar surface area (TPSA) is 54.7 Å². The molecule has 0 amide bonds. The average Bonchev–Trinajstić information content (AvgIpc) is 2.57. The maximum atomic E-state index is 5.88. The summed E-state index contributed by atoms with van der Waals surface area (Å²) < 4.78 is 0.979. The molecule has 3 N–H and O–H groups in total. The van der Waals surface area contributed by atoms with Gasteiger partial charge in [0.1, 0.15) is 11.3 Å². The molecule has 0 fully saturated rings. The highest BCUT2D eigenvalue weighted by molar-refractivity contribution is 9.10. The van der Waals surface area contributed by atoms with Crippen molar-refractivity contribution in [2.24, 2.45) is 0 Å². The molecule has 0 bridgehead atoms. The second kappa shape index (κ2) is 4.45. The molecule has 1 aromatic heterocycles. The Bertz CT molecular complexity index is 481. The number of halogens is 1. The number of nitrogen functional groups attached to an aromatic ring is 1. The molecule has 1 heterocycles. The van der Waals surface area contributed by atoms with E-state index in [1.165, 1.54) is 0 Å². The van der Waals surface area contributed by atoms with Crippen molar-refractivity contribution in [2.45, 2.75) is 6.42 Å². The molecule has 0 aliphatic heterocycles. The van der Waals surface area contributed by atoms with Crippen molar-refractivity contribution in [1.82, 2.24) is 9.97 Å². The molecule has 2 aromatic rings. The zero-order valence-electron chi connectivity index (χ0n) is 8.38. The van der Waals surface area contributed by atoms with Crippen LogP contribution in [-0.2, 0) is 6.42 Å². The van der Waals surface area contributed by atoms with E-state index in [1.807, 2.05) is 23.9 Å². The fourth-order valence-electron chi connectivity index (χ4n) is 1.48. The number of anilines is 1. The Morgan fingerprint density at radius 1 is 1.53 bits per heavy atom. The summed E-state index contributed by atoms with van der Waals surface area (Å²) in [5.41, 5.74) is 8.46. The van der Waals surface area contributed by atoms with Crippen LogP contribution in [0, 0.1) is 0 Å². The lowest BCUT2D eigenvalue weighted by Gasteiger charge is -1.94. The molecule has 15 heavy (non-hydrogen) atoms. The molecule has 0 saturated heterocycles. The van der Waals surface area contributed by atoms with Crippen LogP contribution in [0.1, 0.15) is 5.82 Å². The third-order valence-corrected chi connectivity index (χ3v) is 3.24. The van der Waals surface area contributed by atoms with Gasteiger partial charge in [-0.05, 0) is 18.4 Å². The van der Waals surface area contributed by atoms with Crippen molar-refractivity contribution < 1.29 is 0 Å². The number of aromatic amines is 1. The number of aryl methyl sites for hydroxylation is 1. The predicted molar refractivity (Wildman–Crippen MR) is 70.3 cm³/mol. The van der Waals surface area contributed by atoms with Gasteiger partial charge in [0.25, 0.3) is 0 Å². The fourth-order valence-corrected chi connectivity index (χ4v) is 2.35. The normalized spacial score (nSPS) is 11.1. The summed E-state index contributed by atoms with van der Waals surface area (Å²) in [6.07, 6.45) is 3.04. The SMILES string of the molecule is CSCCc1nc2c(N)cc(Br)cc2[nH]1. The van der Waals surface area contributed by atoms with Gasteiger partial charge >= 0.3 is 0 Å². The molecule has 0 radical (unpaired) electrons. The van der Waals surface area contributed by atoms with Gasteiger partial charge in [-0.3, -0.25) is 0 Å². The van der Waals surface area contributed by atoms with Crippen molar-refractivity contribution >= 4 is 44.4 Å².